The maximum atomic E-state index is 13.6. The number of furan rings is 1. The Morgan fingerprint density at radius 3 is 2.67 bits per heavy atom. The van der Waals surface area contributed by atoms with Crippen molar-refractivity contribution >= 4 is 0 Å². The van der Waals surface area contributed by atoms with E-state index < -0.39 is 0 Å². The lowest BCUT2D eigenvalue weighted by Crippen LogP contribution is -2.31. The van der Waals surface area contributed by atoms with Crippen LogP contribution in [0.4, 0.5) is 4.39 Å². The van der Waals surface area contributed by atoms with E-state index in [9.17, 15) is 4.39 Å². The molecular formula is C16H21FN2O2. The predicted octanol–water partition coefficient (Wildman–Crippen LogP) is 2.15. The predicted molar refractivity (Wildman–Crippen MR) is 80.4 cm³/mol. The van der Waals surface area contributed by atoms with E-state index in [1.165, 1.54) is 6.07 Å². The molecule has 1 aromatic heterocycles. The number of aliphatic hydroxyl groups is 1. The largest absolute Gasteiger partial charge is 0.460 e. The molecule has 2 aromatic rings. The molecule has 0 aliphatic rings. The van der Waals surface area contributed by atoms with E-state index in [1.807, 2.05) is 6.07 Å². The van der Waals surface area contributed by atoms with Crippen LogP contribution in [0.25, 0.3) is 11.3 Å². The lowest BCUT2D eigenvalue weighted by molar-refractivity contribution is 0.191. The quantitative estimate of drug-likeness (QED) is 0.653. The molecule has 0 saturated carbocycles. The van der Waals surface area contributed by atoms with Crippen LogP contribution in [0.3, 0.4) is 0 Å². The normalized spacial score (nSPS) is 12.5. The second-order valence-corrected chi connectivity index (χ2v) is 4.98. The fraction of sp³-hybridized carbons (Fsp3) is 0.375. The summed E-state index contributed by atoms with van der Waals surface area (Å²) < 4.78 is 19.3. The summed E-state index contributed by atoms with van der Waals surface area (Å²) in [5.41, 5.74) is 0.474. The van der Waals surface area contributed by atoms with E-state index in [-0.39, 0.29) is 11.9 Å². The lowest BCUT2D eigenvalue weighted by atomic mass is 10.1. The van der Waals surface area contributed by atoms with Gasteiger partial charge in [-0.15, -0.1) is 0 Å². The summed E-state index contributed by atoms with van der Waals surface area (Å²) in [7, 11) is 0. The first-order valence-corrected chi connectivity index (χ1v) is 7.10. The van der Waals surface area contributed by atoms with Crippen molar-refractivity contribution in [1.29, 1.82) is 0 Å². The van der Waals surface area contributed by atoms with Crippen LogP contribution in [0.1, 0.15) is 12.7 Å². The molecule has 0 radical (unpaired) electrons. The first kappa shape index (κ1) is 15.7. The van der Waals surface area contributed by atoms with Gasteiger partial charge < -0.3 is 20.2 Å². The maximum Gasteiger partial charge on any atom is 0.137 e. The molecule has 2 rings (SSSR count). The van der Waals surface area contributed by atoms with Gasteiger partial charge in [0, 0.05) is 19.6 Å². The van der Waals surface area contributed by atoms with Gasteiger partial charge in [0.1, 0.15) is 17.3 Å². The van der Waals surface area contributed by atoms with Crippen molar-refractivity contribution in [2.75, 3.05) is 19.6 Å². The molecule has 1 heterocycles. The molecule has 0 fully saturated rings. The van der Waals surface area contributed by atoms with Gasteiger partial charge in [0.15, 0.2) is 0 Å². The molecule has 0 amide bonds. The zero-order valence-corrected chi connectivity index (χ0v) is 12.1. The van der Waals surface area contributed by atoms with Gasteiger partial charge in [-0.25, -0.2) is 4.39 Å². The van der Waals surface area contributed by atoms with Crippen molar-refractivity contribution in [2.45, 2.75) is 19.6 Å². The molecule has 0 saturated heterocycles. The highest BCUT2D eigenvalue weighted by molar-refractivity contribution is 5.58. The average Bonchev–Trinajstić information content (AvgIpc) is 2.91. The second kappa shape index (κ2) is 7.93. The molecule has 0 bridgehead atoms. The van der Waals surface area contributed by atoms with Gasteiger partial charge in [0.05, 0.1) is 18.2 Å². The summed E-state index contributed by atoms with van der Waals surface area (Å²) in [6.07, 6.45) is -0.335. The molecule has 21 heavy (non-hydrogen) atoms. The van der Waals surface area contributed by atoms with E-state index in [1.54, 1.807) is 31.2 Å². The fourth-order valence-corrected chi connectivity index (χ4v) is 1.98. The van der Waals surface area contributed by atoms with Gasteiger partial charge in [-0.05, 0) is 31.2 Å². The van der Waals surface area contributed by atoms with Crippen LogP contribution in [0.5, 0.6) is 0 Å². The highest BCUT2D eigenvalue weighted by Crippen LogP contribution is 2.24. The summed E-state index contributed by atoms with van der Waals surface area (Å²) in [5.74, 6) is 1.02. The van der Waals surface area contributed by atoms with E-state index >= 15 is 0 Å². The molecule has 0 aliphatic heterocycles. The molecule has 5 heteroatoms. The van der Waals surface area contributed by atoms with Crippen molar-refractivity contribution in [1.82, 2.24) is 10.6 Å². The Morgan fingerprint density at radius 2 is 1.90 bits per heavy atom. The van der Waals surface area contributed by atoms with Gasteiger partial charge >= 0.3 is 0 Å². The first-order valence-electron chi connectivity index (χ1n) is 7.10. The first-order chi connectivity index (χ1) is 10.2. The number of aliphatic hydroxyl groups excluding tert-OH is 1. The van der Waals surface area contributed by atoms with Crippen LogP contribution in [0, 0.1) is 5.82 Å². The molecule has 0 spiro atoms. The minimum absolute atomic E-state index is 0.284. The van der Waals surface area contributed by atoms with Gasteiger partial charge in [-0.3, -0.25) is 0 Å². The SMILES string of the molecule is C[C@@H](O)CNCCNCc1ccc(-c2ccccc2F)o1. The zero-order chi connectivity index (χ0) is 15.1. The van der Waals surface area contributed by atoms with Crippen LogP contribution >= 0.6 is 0 Å². The maximum absolute atomic E-state index is 13.6. The lowest BCUT2D eigenvalue weighted by Gasteiger charge is -2.07. The van der Waals surface area contributed by atoms with E-state index in [2.05, 4.69) is 10.6 Å². The number of hydrogen-bond donors (Lipinski definition) is 3. The smallest absolute Gasteiger partial charge is 0.137 e. The van der Waals surface area contributed by atoms with Crippen LogP contribution in [-0.2, 0) is 6.54 Å². The van der Waals surface area contributed by atoms with E-state index in [0.717, 1.165) is 18.8 Å². The Balaban J connectivity index is 1.78. The summed E-state index contributed by atoms with van der Waals surface area (Å²) in [6, 6.07) is 10.2. The van der Waals surface area contributed by atoms with Crippen molar-refractivity contribution < 1.29 is 13.9 Å². The summed E-state index contributed by atoms with van der Waals surface area (Å²) >= 11 is 0. The highest BCUT2D eigenvalue weighted by Gasteiger charge is 2.08. The van der Waals surface area contributed by atoms with Gasteiger partial charge in [0.25, 0.3) is 0 Å². The number of benzene rings is 1. The summed E-state index contributed by atoms with van der Waals surface area (Å²) in [6.45, 7) is 4.45. The highest BCUT2D eigenvalue weighted by atomic mass is 19.1. The summed E-state index contributed by atoms with van der Waals surface area (Å²) in [4.78, 5) is 0. The van der Waals surface area contributed by atoms with Crippen LogP contribution in [0.2, 0.25) is 0 Å². The minimum Gasteiger partial charge on any atom is -0.460 e. The standard InChI is InChI=1S/C16H21FN2O2/c1-12(20)10-18-8-9-19-11-13-6-7-16(21-13)14-4-2-3-5-15(14)17/h2-7,12,18-20H,8-11H2,1H3/t12-/m1/s1. The third-order valence-electron chi connectivity index (χ3n) is 3.02. The molecular weight excluding hydrogens is 271 g/mol. The third kappa shape index (κ3) is 4.97. The minimum atomic E-state index is -0.335. The van der Waals surface area contributed by atoms with Crippen LogP contribution in [0.15, 0.2) is 40.8 Å². The molecule has 0 aliphatic carbocycles. The topological polar surface area (TPSA) is 57.4 Å². The van der Waals surface area contributed by atoms with Crippen molar-refractivity contribution in [3.8, 4) is 11.3 Å². The molecule has 4 nitrogen and oxygen atoms in total. The average molecular weight is 292 g/mol. The molecule has 114 valence electrons. The zero-order valence-electron chi connectivity index (χ0n) is 12.1. The number of rotatable bonds is 8. The van der Waals surface area contributed by atoms with Crippen molar-refractivity contribution in [3.63, 3.8) is 0 Å². The number of halogens is 1. The second-order valence-electron chi connectivity index (χ2n) is 4.98. The van der Waals surface area contributed by atoms with Gasteiger partial charge in [-0.1, -0.05) is 12.1 Å². The Labute approximate surface area is 124 Å². The van der Waals surface area contributed by atoms with Crippen molar-refractivity contribution in [2.24, 2.45) is 0 Å². The van der Waals surface area contributed by atoms with E-state index in [0.29, 0.717) is 24.4 Å². The van der Waals surface area contributed by atoms with Crippen molar-refractivity contribution in [3.05, 3.63) is 48.0 Å². The molecule has 1 aromatic carbocycles. The van der Waals surface area contributed by atoms with Crippen LogP contribution < -0.4 is 10.6 Å². The number of hydrogen-bond acceptors (Lipinski definition) is 4. The number of nitrogens with one attached hydrogen (secondary N) is 2. The van der Waals surface area contributed by atoms with Crippen LogP contribution in [-0.4, -0.2) is 30.8 Å². The summed E-state index contributed by atoms with van der Waals surface area (Å²) in [5, 5.41) is 15.4. The Bertz CT molecular complexity index is 555. The fourth-order valence-electron chi connectivity index (χ4n) is 1.98. The monoisotopic (exact) mass is 292 g/mol. The Morgan fingerprint density at radius 1 is 1.14 bits per heavy atom. The Kier molecular flexibility index (Phi) is 5.92. The van der Waals surface area contributed by atoms with E-state index in [4.69, 9.17) is 9.52 Å². The third-order valence-corrected chi connectivity index (χ3v) is 3.02. The Hall–Kier alpha value is -1.69. The van der Waals surface area contributed by atoms with Gasteiger partial charge in [-0.2, -0.15) is 0 Å². The van der Waals surface area contributed by atoms with Gasteiger partial charge in [0.2, 0.25) is 0 Å². The molecule has 3 N–H and O–H groups in total. The molecule has 1 atom stereocenters. The molecule has 0 unspecified atom stereocenters.